The van der Waals surface area contributed by atoms with Crippen LogP contribution in [0, 0.1) is 11.8 Å². The molecule has 0 aliphatic heterocycles. The molecule has 1 rings (SSSR count). The molecule has 0 radical (unpaired) electrons. The number of halogens is 3. The van der Waals surface area contributed by atoms with Gasteiger partial charge in [-0.2, -0.15) is 13.2 Å². The van der Waals surface area contributed by atoms with Crippen molar-refractivity contribution in [3.8, 4) is 0 Å². The van der Waals surface area contributed by atoms with Gasteiger partial charge in [-0.05, 0) is 24.7 Å². The van der Waals surface area contributed by atoms with Crippen LogP contribution in [0.4, 0.5) is 13.2 Å². The molecule has 4 heteroatoms. The first-order valence-electron chi connectivity index (χ1n) is 6.06. The second kappa shape index (κ2) is 4.94. The van der Waals surface area contributed by atoms with E-state index in [1.165, 1.54) is 0 Å². The van der Waals surface area contributed by atoms with Crippen molar-refractivity contribution in [1.82, 2.24) is 4.90 Å². The van der Waals surface area contributed by atoms with Crippen LogP contribution in [-0.2, 0) is 0 Å². The fourth-order valence-corrected chi connectivity index (χ4v) is 2.27. The molecule has 0 spiro atoms. The summed E-state index contributed by atoms with van der Waals surface area (Å²) in [5.41, 5.74) is 0. The lowest BCUT2D eigenvalue weighted by Gasteiger charge is -2.36. The topological polar surface area (TPSA) is 3.24 Å². The summed E-state index contributed by atoms with van der Waals surface area (Å²) in [5.74, 6) is -0.0939. The van der Waals surface area contributed by atoms with E-state index in [4.69, 9.17) is 0 Å². The summed E-state index contributed by atoms with van der Waals surface area (Å²) >= 11 is 0. The van der Waals surface area contributed by atoms with Gasteiger partial charge in [0.15, 0.2) is 0 Å². The van der Waals surface area contributed by atoms with Gasteiger partial charge in [0.05, 0.1) is 0 Å². The van der Waals surface area contributed by atoms with Gasteiger partial charge >= 0.3 is 6.18 Å². The van der Waals surface area contributed by atoms with E-state index in [-0.39, 0.29) is 17.9 Å². The Balaban J connectivity index is 2.79. The van der Waals surface area contributed by atoms with Gasteiger partial charge in [0.1, 0.15) is 6.04 Å². The summed E-state index contributed by atoms with van der Waals surface area (Å²) in [6.45, 7) is 7.82. The third-order valence-electron chi connectivity index (χ3n) is 2.92. The lowest BCUT2D eigenvalue weighted by atomic mass is 10.00. The fraction of sp³-hybridized carbons (Fsp3) is 1.00. The molecule has 0 amide bonds. The Morgan fingerprint density at radius 1 is 1.12 bits per heavy atom. The summed E-state index contributed by atoms with van der Waals surface area (Å²) in [4.78, 5) is 1.68. The monoisotopic (exact) mass is 237 g/mol. The lowest BCUT2D eigenvalue weighted by Crippen LogP contribution is -2.51. The second-order valence-electron chi connectivity index (χ2n) is 5.55. The van der Waals surface area contributed by atoms with Crippen molar-refractivity contribution >= 4 is 0 Å². The zero-order chi connectivity index (χ0) is 12.5. The SMILES string of the molecule is CC(C)CN(C1CC1)[C@@H](C(C)C)C(F)(F)F. The van der Waals surface area contributed by atoms with Crippen LogP contribution in [0.1, 0.15) is 40.5 Å². The summed E-state index contributed by atoms with van der Waals surface area (Å²) in [5, 5.41) is 0. The van der Waals surface area contributed by atoms with Crippen LogP contribution in [0.15, 0.2) is 0 Å². The van der Waals surface area contributed by atoms with Crippen molar-refractivity contribution < 1.29 is 13.2 Å². The van der Waals surface area contributed by atoms with Gasteiger partial charge in [0.2, 0.25) is 0 Å². The van der Waals surface area contributed by atoms with Gasteiger partial charge < -0.3 is 0 Å². The van der Waals surface area contributed by atoms with Crippen molar-refractivity contribution in [1.29, 1.82) is 0 Å². The van der Waals surface area contributed by atoms with Gasteiger partial charge in [-0.1, -0.05) is 27.7 Å². The molecule has 1 nitrogen and oxygen atoms in total. The summed E-state index contributed by atoms with van der Waals surface area (Å²) in [6, 6.07) is -1.11. The number of alkyl halides is 3. The first-order valence-corrected chi connectivity index (χ1v) is 6.06. The van der Waals surface area contributed by atoms with Crippen LogP contribution in [0.3, 0.4) is 0 Å². The number of hydrogen-bond acceptors (Lipinski definition) is 1. The van der Waals surface area contributed by atoms with Crippen molar-refractivity contribution in [3.63, 3.8) is 0 Å². The van der Waals surface area contributed by atoms with E-state index in [1.807, 2.05) is 13.8 Å². The molecule has 0 saturated heterocycles. The molecule has 1 fully saturated rings. The van der Waals surface area contributed by atoms with Crippen LogP contribution in [0.2, 0.25) is 0 Å². The Morgan fingerprint density at radius 2 is 1.62 bits per heavy atom. The van der Waals surface area contributed by atoms with Crippen LogP contribution in [-0.4, -0.2) is 29.7 Å². The van der Waals surface area contributed by atoms with E-state index in [1.54, 1.807) is 18.7 Å². The first-order chi connectivity index (χ1) is 7.23. The molecule has 0 unspecified atom stereocenters. The summed E-state index contributed by atoms with van der Waals surface area (Å²) in [7, 11) is 0. The minimum absolute atomic E-state index is 0.163. The maximum atomic E-state index is 13.0. The standard InChI is InChI=1S/C12H22F3N/c1-8(2)7-16(10-5-6-10)11(9(3)4)12(13,14)15/h8-11H,5-7H2,1-4H3/t11-/m0/s1. The highest BCUT2D eigenvalue weighted by atomic mass is 19.4. The van der Waals surface area contributed by atoms with Crippen LogP contribution >= 0.6 is 0 Å². The maximum Gasteiger partial charge on any atom is 0.404 e. The van der Waals surface area contributed by atoms with E-state index >= 15 is 0 Å². The van der Waals surface area contributed by atoms with Crippen LogP contribution in [0.25, 0.3) is 0 Å². The van der Waals surface area contributed by atoms with Crippen molar-refractivity contribution in [3.05, 3.63) is 0 Å². The molecule has 0 aromatic heterocycles. The number of rotatable bonds is 5. The molecule has 16 heavy (non-hydrogen) atoms. The van der Waals surface area contributed by atoms with E-state index in [0.717, 1.165) is 12.8 Å². The Labute approximate surface area is 96.0 Å². The van der Waals surface area contributed by atoms with Crippen molar-refractivity contribution in [2.45, 2.75) is 58.8 Å². The van der Waals surface area contributed by atoms with Gasteiger partial charge in [-0.25, -0.2) is 0 Å². The Kier molecular flexibility index (Phi) is 4.27. The first kappa shape index (κ1) is 13.8. The van der Waals surface area contributed by atoms with Gasteiger partial charge in [0, 0.05) is 12.6 Å². The van der Waals surface area contributed by atoms with Crippen LogP contribution in [0.5, 0.6) is 0 Å². The van der Waals surface area contributed by atoms with Crippen molar-refractivity contribution in [2.75, 3.05) is 6.54 Å². The third kappa shape index (κ3) is 3.65. The smallest absolute Gasteiger partial charge is 0.289 e. The zero-order valence-electron chi connectivity index (χ0n) is 10.5. The maximum absolute atomic E-state index is 13.0. The fourth-order valence-electron chi connectivity index (χ4n) is 2.27. The molecular formula is C12H22F3N. The number of nitrogens with zero attached hydrogens (tertiary/aromatic N) is 1. The normalized spacial score (nSPS) is 19.9. The van der Waals surface area contributed by atoms with E-state index in [2.05, 4.69) is 0 Å². The molecule has 0 bridgehead atoms. The molecule has 1 aliphatic carbocycles. The van der Waals surface area contributed by atoms with Gasteiger partial charge in [-0.15, -0.1) is 0 Å². The van der Waals surface area contributed by atoms with Gasteiger partial charge in [0.25, 0.3) is 0 Å². The molecule has 1 atom stereocenters. The highest BCUT2D eigenvalue weighted by Crippen LogP contribution is 2.38. The molecule has 1 saturated carbocycles. The highest BCUT2D eigenvalue weighted by molar-refractivity contribution is 4.93. The minimum atomic E-state index is -4.11. The Bertz CT molecular complexity index is 219. The lowest BCUT2D eigenvalue weighted by molar-refractivity contribution is -0.198. The average molecular weight is 237 g/mol. The minimum Gasteiger partial charge on any atom is -0.289 e. The van der Waals surface area contributed by atoms with E-state index < -0.39 is 12.2 Å². The van der Waals surface area contributed by atoms with E-state index in [9.17, 15) is 13.2 Å². The quantitative estimate of drug-likeness (QED) is 0.704. The predicted octanol–water partition coefficient (Wildman–Crippen LogP) is 3.69. The molecule has 0 N–H and O–H groups in total. The Hall–Kier alpha value is -0.250. The van der Waals surface area contributed by atoms with Crippen LogP contribution < -0.4 is 0 Å². The molecule has 0 heterocycles. The summed E-state index contributed by atoms with van der Waals surface area (Å²) < 4.78 is 39.1. The highest BCUT2D eigenvalue weighted by Gasteiger charge is 2.49. The molecule has 0 aromatic carbocycles. The second-order valence-corrected chi connectivity index (χ2v) is 5.55. The Morgan fingerprint density at radius 3 is 1.88 bits per heavy atom. The van der Waals surface area contributed by atoms with Crippen molar-refractivity contribution in [2.24, 2.45) is 11.8 Å². The number of hydrogen-bond donors (Lipinski definition) is 0. The third-order valence-corrected chi connectivity index (χ3v) is 2.92. The van der Waals surface area contributed by atoms with Gasteiger partial charge in [-0.3, -0.25) is 4.90 Å². The largest absolute Gasteiger partial charge is 0.404 e. The zero-order valence-corrected chi connectivity index (χ0v) is 10.5. The molecule has 1 aliphatic rings. The van der Waals surface area contributed by atoms with E-state index in [0.29, 0.717) is 6.54 Å². The average Bonchev–Trinajstić information content (AvgIpc) is 2.79. The predicted molar refractivity (Wildman–Crippen MR) is 59.2 cm³/mol. The molecule has 96 valence electrons. The molecule has 0 aromatic rings. The summed E-state index contributed by atoms with van der Waals surface area (Å²) in [6.07, 6.45) is -2.26. The molecular weight excluding hydrogens is 215 g/mol.